The van der Waals surface area contributed by atoms with Gasteiger partial charge in [0.15, 0.2) is 0 Å². The Morgan fingerprint density at radius 1 is 1.55 bits per heavy atom. The van der Waals surface area contributed by atoms with Gasteiger partial charge in [-0.1, -0.05) is 15.9 Å². The van der Waals surface area contributed by atoms with Gasteiger partial charge in [0, 0.05) is 30.0 Å². The van der Waals surface area contributed by atoms with Crippen molar-refractivity contribution in [1.29, 1.82) is 0 Å². The quantitative estimate of drug-likeness (QED) is 0.656. The second-order valence-corrected chi connectivity index (χ2v) is 5.84. The molecule has 1 fully saturated rings. The normalized spacial score (nSPS) is 18.2. The predicted octanol–water partition coefficient (Wildman–Crippen LogP) is 3.05. The summed E-state index contributed by atoms with van der Waals surface area (Å²) in [5, 5.41) is 19.8. The summed E-state index contributed by atoms with van der Waals surface area (Å²) < 4.78 is 0.798. The third-order valence-corrected chi connectivity index (χ3v) is 4.02. The molecule has 1 aromatic carbocycles. The Bertz CT molecular complexity index is 535. The number of nitrogens with zero attached hydrogens (tertiary/aromatic N) is 2. The number of carboxylic acids is 1. The molecule has 1 aromatic rings. The van der Waals surface area contributed by atoms with E-state index in [9.17, 15) is 14.9 Å². The van der Waals surface area contributed by atoms with Crippen LogP contribution in [0.1, 0.15) is 19.3 Å². The van der Waals surface area contributed by atoms with E-state index in [0.29, 0.717) is 18.7 Å². The van der Waals surface area contributed by atoms with E-state index in [1.165, 1.54) is 6.07 Å². The van der Waals surface area contributed by atoms with Crippen LogP contribution in [0, 0.1) is 16.0 Å². The smallest absolute Gasteiger partial charge is 0.303 e. The monoisotopic (exact) mass is 342 g/mol. The van der Waals surface area contributed by atoms with Crippen LogP contribution in [0.15, 0.2) is 22.7 Å². The van der Waals surface area contributed by atoms with Crippen molar-refractivity contribution in [3.05, 3.63) is 32.8 Å². The highest BCUT2D eigenvalue weighted by Gasteiger charge is 2.27. The van der Waals surface area contributed by atoms with Crippen LogP contribution in [0.4, 0.5) is 11.4 Å². The first-order valence-electron chi connectivity index (χ1n) is 6.38. The van der Waals surface area contributed by atoms with Crippen molar-refractivity contribution in [3.8, 4) is 0 Å². The van der Waals surface area contributed by atoms with Crippen molar-refractivity contribution < 1.29 is 14.8 Å². The van der Waals surface area contributed by atoms with Gasteiger partial charge < -0.3 is 10.0 Å². The summed E-state index contributed by atoms with van der Waals surface area (Å²) in [5.74, 6) is -0.512. The van der Waals surface area contributed by atoms with E-state index < -0.39 is 5.97 Å². The lowest BCUT2D eigenvalue weighted by atomic mass is 10.0. The van der Waals surface area contributed by atoms with Crippen molar-refractivity contribution in [3.63, 3.8) is 0 Å². The van der Waals surface area contributed by atoms with Crippen LogP contribution >= 0.6 is 15.9 Å². The second-order valence-electron chi connectivity index (χ2n) is 4.92. The Morgan fingerprint density at radius 3 is 2.95 bits per heavy atom. The lowest BCUT2D eigenvalue weighted by Gasteiger charge is -2.18. The number of anilines is 1. The number of hydrogen-bond acceptors (Lipinski definition) is 4. The number of rotatable bonds is 5. The summed E-state index contributed by atoms with van der Waals surface area (Å²) in [4.78, 5) is 23.2. The molecule has 0 radical (unpaired) electrons. The second kappa shape index (κ2) is 6.21. The molecule has 1 heterocycles. The van der Waals surface area contributed by atoms with E-state index >= 15 is 0 Å². The molecule has 1 aliphatic rings. The first-order valence-corrected chi connectivity index (χ1v) is 7.17. The van der Waals surface area contributed by atoms with Crippen molar-refractivity contribution in [1.82, 2.24) is 0 Å². The molecule has 1 aliphatic heterocycles. The zero-order valence-electron chi connectivity index (χ0n) is 10.8. The summed E-state index contributed by atoms with van der Waals surface area (Å²) in [5.41, 5.74) is 0.689. The van der Waals surface area contributed by atoms with Crippen LogP contribution in [-0.2, 0) is 4.79 Å². The van der Waals surface area contributed by atoms with E-state index in [4.69, 9.17) is 5.11 Å². The molecule has 108 valence electrons. The molecule has 0 saturated carbocycles. The molecule has 1 atom stereocenters. The molecule has 1 N–H and O–H groups in total. The van der Waals surface area contributed by atoms with E-state index in [0.717, 1.165) is 17.4 Å². The number of hydrogen-bond donors (Lipinski definition) is 1. The van der Waals surface area contributed by atoms with Crippen LogP contribution in [0.2, 0.25) is 0 Å². The summed E-state index contributed by atoms with van der Waals surface area (Å²) in [6.45, 7) is 1.39. The van der Waals surface area contributed by atoms with Gasteiger partial charge in [-0.2, -0.15) is 0 Å². The molecule has 0 spiro atoms. The molecule has 2 rings (SSSR count). The molecule has 0 aromatic heterocycles. The molecule has 20 heavy (non-hydrogen) atoms. The number of halogens is 1. The molecule has 6 nitrogen and oxygen atoms in total. The third-order valence-electron chi connectivity index (χ3n) is 3.53. The first-order chi connectivity index (χ1) is 9.47. The van der Waals surface area contributed by atoms with E-state index in [1.54, 1.807) is 12.1 Å². The SMILES string of the molecule is O=C(O)CCC1CCN(c2cc(Br)ccc2[N+](=O)[O-])C1. The van der Waals surface area contributed by atoms with Gasteiger partial charge in [0.25, 0.3) is 5.69 Å². The Hall–Kier alpha value is -1.63. The molecule has 7 heteroatoms. The average Bonchev–Trinajstić information content (AvgIpc) is 2.84. The van der Waals surface area contributed by atoms with Gasteiger partial charge in [-0.25, -0.2) is 0 Å². The van der Waals surface area contributed by atoms with Crippen molar-refractivity contribution in [2.24, 2.45) is 5.92 Å². The summed E-state index contributed by atoms with van der Waals surface area (Å²) in [6.07, 6.45) is 1.64. The predicted molar refractivity (Wildman–Crippen MR) is 78.0 cm³/mol. The van der Waals surface area contributed by atoms with Crippen LogP contribution in [0.5, 0.6) is 0 Å². The maximum absolute atomic E-state index is 11.1. The molecule has 1 unspecified atom stereocenters. The standard InChI is InChI=1S/C13H15BrN2O4/c14-10-2-3-11(16(19)20)12(7-10)15-6-5-9(8-15)1-4-13(17)18/h2-3,7,9H,1,4-6,8H2,(H,17,18). The fourth-order valence-electron chi connectivity index (χ4n) is 2.52. The number of aliphatic carboxylic acids is 1. The van der Waals surface area contributed by atoms with Gasteiger partial charge in [-0.3, -0.25) is 14.9 Å². The fourth-order valence-corrected chi connectivity index (χ4v) is 2.87. The highest BCUT2D eigenvalue weighted by atomic mass is 79.9. The molecule has 0 aliphatic carbocycles. The topological polar surface area (TPSA) is 83.7 Å². The molecule has 0 amide bonds. The van der Waals surface area contributed by atoms with Crippen molar-refractivity contribution >= 4 is 33.3 Å². The zero-order chi connectivity index (χ0) is 14.7. The Kier molecular flexibility index (Phi) is 4.59. The number of carboxylic acid groups (broad SMARTS) is 1. The molecular weight excluding hydrogens is 328 g/mol. The minimum atomic E-state index is -0.795. The highest BCUT2D eigenvalue weighted by molar-refractivity contribution is 9.10. The maximum atomic E-state index is 11.1. The van der Waals surface area contributed by atoms with Gasteiger partial charge in [0.05, 0.1) is 4.92 Å². The van der Waals surface area contributed by atoms with Crippen LogP contribution in [0.25, 0.3) is 0 Å². The van der Waals surface area contributed by atoms with Crippen LogP contribution in [-0.4, -0.2) is 29.1 Å². The molecular formula is C13H15BrN2O4. The number of nitro benzene ring substituents is 1. The molecule has 0 bridgehead atoms. The zero-order valence-corrected chi connectivity index (χ0v) is 12.4. The lowest BCUT2D eigenvalue weighted by Crippen LogP contribution is -2.21. The fraction of sp³-hybridized carbons (Fsp3) is 0.462. The minimum absolute atomic E-state index is 0.0899. The van der Waals surface area contributed by atoms with Gasteiger partial charge >= 0.3 is 5.97 Å². The number of carbonyl (C=O) groups is 1. The van der Waals surface area contributed by atoms with Gasteiger partial charge in [-0.15, -0.1) is 0 Å². The summed E-state index contributed by atoms with van der Waals surface area (Å²) >= 11 is 3.33. The van der Waals surface area contributed by atoms with Gasteiger partial charge in [0.1, 0.15) is 5.69 Å². The Morgan fingerprint density at radius 2 is 2.30 bits per heavy atom. The highest BCUT2D eigenvalue weighted by Crippen LogP contribution is 2.35. The lowest BCUT2D eigenvalue weighted by molar-refractivity contribution is -0.384. The number of benzene rings is 1. The van der Waals surface area contributed by atoms with E-state index in [-0.39, 0.29) is 22.9 Å². The van der Waals surface area contributed by atoms with E-state index in [1.807, 2.05) is 4.90 Å². The van der Waals surface area contributed by atoms with Crippen LogP contribution < -0.4 is 4.90 Å². The van der Waals surface area contributed by atoms with Crippen molar-refractivity contribution in [2.45, 2.75) is 19.3 Å². The first kappa shape index (κ1) is 14.8. The Balaban J connectivity index is 2.11. The average molecular weight is 343 g/mol. The van der Waals surface area contributed by atoms with Crippen LogP contribution in [0.3, 0.4) is 0 Å². The van der Waals surface area contributed by atoms with E-state index in [2.05, 4.69) is 15.9 Å². The van der Waals surface area contributed by atoms with Crippen molar-refractivity contribution in [2.75, 3.05) is 18.0 Å². The maximum Gasteiger partial charge on any atom is 0.303 e. The van der Waals surface area contributed by atoms with Gasteiger partial charge in [0.2, 0.25) is 0 Å². The summed E-state index contributed by atoms with van der Waals surface area (Å²) in [7, 11) is 0. The largest absolute Gasteiger partial charge is 0.481 e. The van der Waals surface area contributed by atoms with Gasteiger partial charge in [-0.05, 0) is 30.9 Å². The summed E-state index contributed by atoms with van der Waals surface area (Å²) in [6, 6.07) is 4.89. The minimum Gasteiger partial charge on any atom is -0.481 e. The third kappa shape index (κ3) is 3.47. The molecule has 1 saturated heterocycles. The number of nitro groups is 1. The Labute approximate surface area is 124 Å².